The third-order valence-electron chi connectivity index (χ3n) is 2.06. The van der Waals surface area contributed by atoms with Crippen LogP contribution in [0.25, 0.3) is 0 Å². The molecule has 0 aliphatic heterocycles. The first kappa shape index (κ1) is 12.6. The zero-order valence-electron chi connectivity index (χ0n) is 9.02. The first-order chi connectivity index (χ1) is 8.38. The minimum Gasteiger partial charge on any atom is -0.297 e. The van der Waals surface area contributed by atoms with Crippen LogP contribution in [0.3, 0.4) is 0 Å². The lowest BCUT2D eigenvalue weighted by atomic mass is 10.3. The first-order valence-corrected chi connectivity index (χ1v) is 5.58. The van der Waals surface area contributed by atoms with Crippen molar-refractivity contribution in [2.75, 3.05) is 5.32 Å². The molecule has 0 atom stereocenters. The Bertz CT molecular complexity index is 561. The molecular weight excluding hydrogens is 269 g/mol. The highest BCUT2D eigenvalue weighted by molar-refractivity contribution is 7.13. The van der Waals surface area contributed by atoms with E-state index < -0.39 is 17.8 Å². The highest BCUT2D eigenvalue weighted by Crippen LogP contribution is 2.28. The molecule has 0 saturated carbocycles. The van der Waals surface area contributed by atoms with E-state index in [-0.39, 0.29) is 5.69 Å². The summed E-state index contributed by atoms with van der Waals surface area (Å²) in [4.78, 5) is 15.5. The van der Waals surface area contributed by atoms with E-state index in [4.69, 9.17) is 0 Å². The molecule has 0 aliphatic carbocycles. The fraction of sp³-hybridized carbons (Fsp3) is 0.222. The van der Waals surface area contributed by atoms with Crippen LogP contribution in [0.2, 0.25) is 0 Å². The fourth-order valence-electron chi connectivity index (χ4n) is 1.26. The van der Waals surface area contributed by atoms with Crippen molar-refractivity contribution in [2.24, 2.45) is 7.05 Å². The lowest BCUT2D eigenvalue weighted by Crippen LogP contribution is -2.15. The fourth-order valence-corrected chi connectivity index (χ4v) is 1.79. The summed E-state index contributed by atoms with van der Waals surface area (Å²) >= 11 is 1.17. The maximum atomic E-state index is 12.4. The Balaban J connectivity index is 2.23. The van der Waals surface area contributed by atoms with Crippen LogP contribution in [0.4, 0.5) is 18.3 Å². The van der Waals surface area contributed by atoms with Crippen molar-refractivity contribution in [1.29, 1.82) is 0 Å². The van der Waals surface area contributed by atoms with Crippen molar-refractivity contribution in [2.45, 2.75) is 6.18 Å². The second-order valence-electron chi connectivity index (χ2n) is 3.33. The van der Waals surface area contributed by atoms with E-state index in [9.17, 15) is 18.0 Å². The molecule has 2 heterocycles. The summed E-state index contributed by atoms with van der Waals surface area (Å²) in [6.45, 7) is 0. The molecular formula is C9H7F3N4OS. The molecule has 0 saturated heterocycles. The highest BCUT2D eigenvalue weighted by atomic mass is 32.1. The Morgan fingerprint density at radius 1 is 1.50 bits per heavy atom. The van der Waals surface area contributed by atoms with Gasteiger partial charge < -0.3 is 0 Å². The SMILES string of the molecule is Cn1nc(C(F)(F)F)cc1C(=O)Nc1nccs1. The summed E-state index contributed by atoms with van der Waals surface area (Å²) in [5.41, 5.74) is -1.29. The van der Waals surface area contributed by atoms with Crippen molar-refractivity contribution in [3.8, 4) is 0 Å². The van der Waals surface area contributed by atoms with E-state index in [2.05, 4.69) is 15.4 Å². The van der Waals surface area contributed by atoms with Crippen molar-refractivity contribution in [1.82, 2.24) is 14.8 Å². The Morgan fingerprint density at radius 2 is 2.22 bits per heavy atom. The molecule has 9 heteroatoms. The standard InChI is InChI=1S/C9H7F3N4OS/c1-16-5(4-6(15-16)9(10,11)12)7(17)14-8-13-2-3-18-8/h2-4H,1H3,(H,13,14,17). The van der Waals surface area contributed by atoms with Crippen molar-refractivity contribution in [3.63, 3.8) is 0 Å². The summed E-state index contributed by atoms with van der Waals surface area (Å²) in [5, 5.41) is 7.58. The monoisotopic (exact) mass is 276 g/mol. The average molecular weight is 276 g/mol. The van der Waals surface area contributed by atoms with E-state index in [1.807, 2.05) is 0 Å². The number of halogens is 3. The van der Waals surface area contributed by atoms with Crippen LogP contribution in [-0.4, -0.2) is 20.7 Å². The highest BCUT2D eigenvalue weighted by Gasteiger charge is 2.35. The van der Waals surface area contributed by atoms with E-state index >= 15 is 0 Å². The Kier molecular flexibility index (Phi) is 3.07. The Labute approximate surface area is 103 Å². The summed E-state index contributed by atoms with van der Waals surface area (Å²) in [7, 11) is 1.27. The minimum absolute atomic E-state index is 0.183. The topological polar surface area (TPSA) is 59.8 Å². The molecule has 0 spiro atoms. The lowest BCUT2D eigenvalue weighted by Gasteiger charge is -2.00. The number of anilines is 1. The van der Waals surface area contributed by atoms with Gasteiger partial charge in [0.1, 0.15) is 5.69 Å². The molecule has 1 N–H and O–H groups in total. The third-order valence-corrected chi connectivity index (χ3v) is 2.74. The van der Waals surface area contributed by atoms with E-state index in [0.717, 1.165) is 4.68 Å². The number of nitrogens with one attached hydrogen (secondary N) is 1. The van der Waals surface area contributed by atoms with Gasteiger partial charge in [-0.25, -0.2) is 4.98 Å². The number of thiazole rings is 1. The minimum atomic E-state index is -4.57. The van der Waals surface area contributed by atoms with E-state index in [1.54, 1.807) is 5.38 Å². The molecule has 0 radical (unpaired) electrons. The largest absolute Gasteiger partial charge is 0.435 e. The second kappa shape index (κ2) is 4.41. The molecule has 0 unspecified atom stereocenters. The third kappa shape index (κ3) is 2.50. The van der Waals surface area contributed by atoms with Crippen LogP contribution >= 0.6 is 11.3 Å². The molecule has 2 rings (SSSR count). The predicted octanol–water partition coefficient (Wildman–Crippen LogP) is 2.15. The van der Waals surface area contributed by atoms with Crippen LogP contribution in [0.5, 0.6) is 0 Å². The van der Waals surface area contributed by atoms with Gasteiger partial charge in [-0.05, 0) is 0 Å². The molecule has 2 aromatic heterocycles. The first-order valence-electron chi connectivity index (χ1n) is 4.70. The van der Waals surface area contributed by atoms with Gasteiger partial charge in [0.25, 0.3) is 5.91 Å². The van der Waals surface area contributed by atoms with Gasteiger partial charge in [-0.3, -0.25) is 14.8 Å². The smallest absolute Gasteiger partial charge is 0.297 e. The number of carbonyl (C=O) groups is 1. The van der Waals surface area contributed by atoms with Crippen LogP contribution in [0.1, 0.15) is 16.2 Å². The second-order valence-corrected chi connectivity index (χ2v) is 4.22. The van der Waals surface area contributed by atoms with Gasteiger partial charge in [-0.1, -0.05) is 0 Å². The molecule has 0 fully saturated rings. The maximum absolute atomic E-state index is 12.4. The number of hydrogen-bond donors (Lipinski definition) is 1. The van der Waals surface area contributed by atoms with Gasteiger partial charge >= 0.3 is 6.18 Å². The lowest BCUT2D eigenvalue weighted by molar-refractivity contribution is -0.141. The van der Waals surface area contributed by atoms with Crippen molar-refractivity contribution < 1.29 is 18.0 Å². The summed E-state index contributed by atoms with van der Waals surface area (Å²) < 4.78 is 38.1. The molecule has 0 bridgehead atoms. The van der Waals surface area contributed by atoms with E-state index in [0.29, 0.717) is 11.2 Å². The number of alkyl halides is 3. The summed E-state index contributed by atoms with van der Waals surface area (Å²) in [6.07, 6.45) is -3.10. The van der Waals surface area contributed by atoms with Gasteiger partial charge in [0.05, 0.1) is 0 Å². The van der Waals surface area contributed by atoms with Crippen LogP contribution in [-0.2, 0) is 13.2 Å². The zero-order chi connectivity index (χ0) is 13.3. The number of rotatable bonds is 2. The van der Waals surface area contributed by atoms with Gasteiger partial charge in [-0.15, -0.1) is 11.3 Å². The van der Waals surface area contributed by atoms with Gasteiger partial charge in [0.2, 0.25) is 0 Å². The Morgan fingerprint density at radius 3 is 2.72 bits per heavy atom. The van der Waals surface area contributed by atoms with Gasteiger partial charge in [0.15, 0.2) is 10.8 Å². The summed E-state index contributed by atoms with van der Waals surface area (Å²) in [5.74, 6) is -0.685. The Hall–Kier alpha value is -1.90. The molecule has 2 aromatic rings. The number of aromatic nitrogens is 3. The molecule has 18 heavy (non-hydrogen) atoms. The predicted molar refractivity (Wildman–Crippen MR) is 58.3 cm³/mol. The normalized spacial score (nSPS) is 11.6. The quantitative estimate of drug-likeness (QED) is 0.914. The molecule has 5 nitrogen and oxygen atoms in total. The van der Waals surface area contributed by atoms with Crippen LogP contribution in [0.15, 0.2) is 17.6 Å². The summed E-state index contributed by atoms with van der Waals surface area (Å²) in [6, 6.07) is 0.697. The number of nitrogens with zero attached hydrogens (tertiary/aromatic N) is 3. The number of carbonyl (C=O) groups excluding carboxylic acids is 1. The molecule has 1 amide bonds. The molecule has 0 aromatic carbocycles. The number of hydrogen-bond acceptors (Lipinski definition) is 4. The van der Waals surface area contributed by atoms with E-state index in [1.165, 1.54) is 24.6 Å². The van der Waals surface area contributed by atoms with Crippen LogP contribution in [0, 0.1) is 0 Å². The maximum Gasteiger partial charge on any atom is 0.435 e. The van der Waals surface area contributed by atoms with Crippen molar-refractivity contribution in [3.05, 3.63) is 29.0 Å². The molecule has 96 valence electrons. The van der Waals surface area contributed by atoms with Gasteiger partial charge in [-0.2, -0.15) is 18.3 Å². The molecule has 0 aliphatic rings. The number of aryl methyl sites for hydroxylation is 1. The van der Waals surface area contributed by atoms with Gasteiger partial charge in [0, 0.05) is 24.7 Å². The number of amides is 1. The van der Waals surface area contributed by atoms with Crippen molar-refractivity contribution >= 4 is 22.4 Å². The zero-order valence-corrected chi connectivity index (χ0v) is 9.84. The average Bonchev–Trinajstić information content (AvgIpc) is 2.85. The van der Waals surface area contributed by atoms with Crippen LogP contribution < -0.4 is 5.32 Å².